The van der Waals surface area contributed by atoms with E-state index in [9.17, 15) is 13.6 Å². The molecule has 0 atom stereocenters. The molecule has 0 saturated carbocycles. The molecule has 0 fully saturated rings. The average molecular weight is 329 g/mol. The Balaban J connectivity index is 2.91. The Morgan fingerprint density at radius 3 is 2.29 bits per heavy atom. The van der Waals surface area contributed by atoms with E-state index in [0.29, 0.717) is 14.5 Å². The highest BCUT2D eigenvalue weighted by molar-refractivity contribution is 9.11. The third-order valence-electron chi connectivity index (χ3n) is 1.55. The fraction of sp³-hybridized carbons (Fsp3) is 0.250. The zero-order valence-electron chi connectivity index (χ0n) is 6.81. The lowest BCUT2D eigenvalue weighted by molar-refractivity contribution is -0.128. The number of nitrogens with zero attached hydrogens (tertiary/aromatic N) is 1. The van der Waals surface area contributed by atoms with Crippen LogP contribution in [0.5, 0.6) is 0 Å². The molecule has 0 spiro atoms. The highest BCUT2D eigenvalue weighted by Gasteiger charge is 2.18. The second-order valence-corrected chi connectivity index (χ2v) is 4.23. The molecule has 0 bridgehead atoms. The van der Waals surface area contributed by atoms with E-state index < -0.39 is 12.2 Å². The van der Waals surface area contributed by atoms with Crippen molar-refractivity contribution in [2.24, 2.45) is 0 Å². The first-order valence-corrected chi connectivity index (χ1v) is 5.19. The van der Waals surface area contributed by atoms with E-state index in [-0.39, 0.29) is 6.42 Å². The van der Waals surface area contributed by atoms with E-state index in [0.717, 1.165) is 0 Å². The molecule has 1 heterocycles. The van der Waals surface area contributed by atoms with Crippen molar-refractivity contribution in [1.82, 2.24) is 4.98 Å². The van der Waals surface area contributed by atoms with Crippen LogP contribution >= 0.6 is 31.9 Å². The first kappa shape index (κ1) is 11.7. The van der Waals surface area contributed by atoms with Gasteiger partial charge in [-0.1, -0.05) is 0 Å². The minimum absolute atomic E-state index is 0.304. The summed E-state index contributed by atoms with van der Waals surface area (Å²) in [4.78, 5) is 14.6. The molecule has 0 radical (unpaired) electrons. The van der Waals surface area contributed by atoms with Crippen LogP contribution in [0.1, 0.15) is 5.56 Å². The molecule has 1 aromatic rings. The van der Waals surface area contributed by atoms with E-state index in [2.05, 4.69) is 36.8 Å². The molecule has 0 aliphatic heterocycles. The van der Waals surface area contributed by atoms with Crippen LogP contribution < -0.4 is 0 Å². The molecule has 0 unspecified atom stereocenters. The van der Waals surface area contributed by atoms with Crippen LogP contribution in [0.4, 0.5) is 8.78 Å². The van der Waals surface area contributed by atoms with Gasteiger partial charge in [-0.15, -0.1) is 0 Å². The quantitative estimate of drug-likeness (QED) is 0.853. The summed E-state index contributed by atoms with van der Waals surface area (Å²) in [7, 11) is 0. The van der Waals surface area contributed by atoms with Gasteiger partial charge in [0, 0.05) is 27.8 Å². The number of ketones is 1. The minimum Gasteiger partial charge on any atom is -0.293 e. The molecule has 1 rings (SSSR count). The van der Waals surface area contributed by atoms with Gasteiger partial charge in [0.15, 0.2) is 0 Å². The second-order valence-electron chi connectivity index (χ2n) is 2.53. The van der Waals surface area contributed by atoms with Crippen molar-refractivity contribution in [2.75, 3.05) is 0 Å². The summed E-state index contributed by atoms with van der Waals surface area (Å²) >= 11 is 6.27. The largest absolute Gasteiger partial charge is 0.296 e. The molecule has 1 aromatic heterocycles. The standard InChI is InChI=1S/C8H5Br2F2NO/c9-5-2-13-3-6(10)4(5)1-7(14)8(11)12/h2-3,8H,1H2. The molecule has 76 valence electrons. The van der Waals surface area contributed by atoms with Gasteiger partial charge in [-0.05, 0) is 37.4 Å². The lowest BCUT2D eigenvalue weighted by Crippen LogP contribution is -2.13. The lowest BCUT2D eigenvalue weighted by Gasteiger charge is -2.04. The number of hydrogen-bond donors (Lipinski definition) is 0. The van der Waals surface area contributed by atoms with Crippen molar-refractivity contribution in [2.45, 2.75) is 12.8 Å². The fourth-order valence-corrected chi connectivity index (χ4v) is 2.07. The summed E-state index contributed by atoms with van der Waals surface area (Å²) in [5, 5.41) is 0. The predicted octanol–water partition coefficient (Wildman–Crippen LogP) is 2.98. The fourth-order valence-electron chi connectivity index (χ4n) is 0.858. The Bertz CT molecular complexity index is 337. The summed E-state index contributed by atoms with van der Waals surface area (Å²) in [6, 6.07) is 0. The Morgan fingerprint density at radius 1 is 1.36 bits per heavy atom. The van der Waals surface area contributed by atoms with Crippen LogP contribution in [0, 0.1) is 0 Å². The number of halogens is 4. The van der Waals surface area contributed by atoms with E-state index in [4.69, 9.17) is 0 Å². The van der Waals surface area contributed by atoms with Crippen molar-refractivity contribution in [3.8, 4) is 0 Å². The van der Waals surface area contributed by atoms with E-state index in [1.165, 1.54) is 12.4 Å². The molecule has 0 aromatic carbocycles. The number of aromatic nitrogens is 1. The topological polar surface area (TPSA) is 30.0 Å². The third kappa shape index (κ3) is 2.81. The number of pyridine rings is 1. The van der Waals surface area contributed by atoms with Gasteiger partial charge in [-0.2, -0.15) is 0 Å². The lowest BCUT2D eigenvalue weighted by atomic mass is 10.1. The zero-order chi connectivity index (χ0) is 10.7. The third-order valence-corrected chi connectivity index (χ3v) is 2.91. The van der Waals surface area contributed by atoms with Crippen molar-refractivity contribution in [3.63, 3.8) is 0 Å². The Morgan fingerprint density at radius 2 is 1.86 bits per heavy atom. The van der Waals surface area contributed by atoms with Crippen LogP contribution in [0.25, 0.3) is 0 Å². The molecule has 2 nitrogen and oxygen atoms in total. The van der Waals surface area contributed by atoms with Gasteiger partial charge in [-0.25, -0.2) is 8.78 Å². The molecule has 6 heteroatoms. The number of rotatable bonds is 3. The number of carbonyl (C=O) groups is 1. The van der Waals surface area contributed by atoms with Gasteiger partial charge in [0.2, 0.25) is 5.78 Å². The van der Waals surface area contributed by atoms with Gasteiger partial charge in [0.25, 0.3) is 6.43 Å². The zero-order valence-corrected chi connectivity index (χ0v) is 9.98. The van der Waals surface area contributed by atoms with Gasteiger partial charge >= 0.3 is 0 Å². The van der Waals surface area contributed by atoms with Crippen LogP contribution in [-0.2, 0) is 11.2 Å². The number of Topliss-reactive ketones (excluding diaryl/α,β-unsaturated/α-hetero) is 1. The average Bonchev–Trinajstić information content (AvgIpc) is 2.11. The smallest absolute Gasteiger partial charge is 0.293 e. The molecule has 14 heavy (non-hydrogen) atoms. The number of carbonyl (C=O) groups excluding carboxylic acids is 1. The summed E-state index contributed by atoms with van der Waals surface area (Å²) < 4.78 is 25.0. The SMILES string of the molecule is O=C(Cc1c(Br)cncc1Br)C(F)F. The summed E-state index contributed by atoms with van der Waals surface area (Å²) in [5.74, 6) is -1.10. The van der Waals surface area contributed by atoms with Gasteiger partial charge in [-0.3, -0.25) is 9.78 Å². The maximum Gasteiger partial charge on any atom is 0.296 e. The van der Waals surface area contributed by atoms with Crippen LogP contribution in [-0.4, -0.2) is 17.2 Å². The molecular weight excluding hydrogens is 324 g/mol. The van der Waals surface area contributed by atoms with Gasteiger partial charge < -0.3 is 0 Å². The van der Waals surface area contributed by atoms with Crippen molar-refractivity contribution in [1.29, 1.82) is 0 Å². The Labute approximate surface area is 96.0 Å². The molecule has 0 aliphatic rings. The number of alkyl halides is 2. The normalized spacial score (nSPS) is 10.6. The van der Waals surface area contributed by atoms with Crippen LogP contribution in [0.2, 0.25) is 0 Å². The van der Waals surface area contributed by atoms with E-state index in [1.807, 2.05) is 0 Å². The minimum atomic E-state index is -2.93. The van der Waals surface area contributed by atoms with Crippen molar-refractivity contribution >= 4 is 37.6 Å². The maximum atomic E-state index is 12.0. The summed E-state index contributed by atoms with van der Waals surface area (Å²) in [6.45, 7) is 0. The first-order chi connectivity index (χ1) is 6.52. The highest BCUT2D eigenvalue weighted by Crippen LogP contribution is 2.24. The molecule has 0 N–H and O–H groups in total. The molecule has 0 amide bonds. The predicted molar refractivity (Wildman–Crippen MR) is 54.4 cm³/mol. The second kappa shape index (κ2) is 4.93. The first-order valence-electron chi connectivity index (χ1n) is 3.61. The van der Waals surface area contributed by atoms with E-state index in [1.54, 1.807) is 0 Å². The Hall–Kier alpha value is -0.360. The van der Waals surface area contributed by atoms with E-state index >= 15 is 0 Å². The summed E-state index contributed by atoms with van der Waals surface area (Å²) in [5.41, 5.74) is 0.491. The number of hydrogen-bond acceptors (Lipinski definition) is 2. The molecule has 0 saturated heterocycles. The van der Waals surface area contributed by atoms with Crippen molar-refractivity contribution < 1.29 is 13.6 Å². The highest BCUT2D eigenvalue weighted by atomic mass is 79.9. The summed E-state index contributed by atoms with van der Waals surface area (Å²) in [6.07, 6.45) is -0.319. The maximum absolute atomic E-state index is 12.0. The monoisotopic (exact) mass is 327 g/mol. The Kier molecular flexibility index (Phi) is 4.12. The molecule has 0 aliphatic carbocycles. The molecular formula is C8H5Br2F2NO. The van der Waals surface area contributed by atoms with Gasteiger partial charge in [0.05, 0.1) is 0 Å². The van der Waals surface area contributed by atoms with Crippen molar-refractivity contribution in [3.05, 3.63) is 26.9 Å². The van der Waals surface area contributed by atoms with Gasteiger partial charge in [0.1, 0.15) is 0 Å². The van der Waals surface area contributed by atoms with Crippen LogP contribution in [0.15, 0.2) is 21.3 Å². The van der Waals surface area contributed by atoms with Crippen LogP contribution in [0.3, 0.4) is 0 Å².